The summed E-state index contributed by atoms with van der Waals surface area (Å²) in [4.78, 5) is 63.5. The molecule has 0 saturated heterocycles. The Hall–Kier alpha value is -3.11. The number of nitrogens with two attached hydrogens (primary N) is 3. The van der Waals surface area contributed by atoms with E-state index >= 15 is 0 Å². The third-order valence-electron chi connectivity index (χ3n) is 4.39. The number of aliphatic hydroxyl groups excluding tert-OH is 1. The van der Waals surface area contributed by atoms with E-state index in [-0.39, 0.29) is 31.1 Å². The molecule has 194 valence electrons. The Morgan fingerprint density at radius 2 is 1.59 bits per heavy atom. The number of amides is 4. The molecule has 0 saturated carbocycles. The van der Waals surface area contributed by atoms with Gasteiger partial charge in [0.2, 0.25) is 23.6 Å². The van der Waals surface area contributed by atoms with Gasteiger partial charge >= 0.3 is 5.97 Å². The first-order valence-electron chi connectivity index (χ1n) is 10.3. The number of hydrogen-bond acceptors (Lipinski definition) is 9. The number of carbonyl (C=O) groups is 5. The van der Waals surface area contributed by atoms with Crippen LogP contribution < -0.4 is 38.5 Å². The number of rotatable bonds is 15. The summed E-state index contributed by atoms with van der Waals surface area (Å²) in [6.45, 7) is 2.32. The first-order chi connectivity index (χ1) is 15.8. The number of aliphatic hydroxyl groups is 1. The van der Waals surface area contributed by atoms with E-state index in [1.165, 1.54) is 13.8 Å². The number of aliphatic carboxylic acids is 1. The van der Waals surface area contributed by atoms with E-state index in [0.717, 1.165) is 0 Å². The van der Waals surface area contributed by atoms with Gasteiger partial charge in [0.25, 0.3) is 0 Å². The number of carboxylic acids is 1. The van der Waals surface area contributed by atoms with Gasteiger partial charge in [0.1, 0.15) is 24.2 Å². The topological polar surface area (TPSA) is 264 Å². The zero-order valence-electron chi connectivity index (χ0n) is 19.0. The molecule has 0 aromatic heterocycles. The molecule has 34 heavy (non-hydrogen) atoms. The van der Waals surface area contributed by atoms with Gasteiger partial charge in [0, 0.05) is 12.3 Å². The lowest BCUT2D eigenvalue weighted by Crippen LogP contribution is -2.55. The van der Waals surface area contributed by atoms with Crippen molar-refractivity contribution < 1.29 is 34.2 Å². The number of nitrogens with one attached hydrogen (secondary N) is 4. The van der Waals surface area contributed by atoms with Crippen LogP contribution in [0.25, 0.3) is 0 Å². The highest BCUT2D eigenvalue weighted by Gasteiger charge is 2.26. The monoisotopic (exact) mass is 506 g/mol. The average molecular weight is 507 g/mol. The molecule has 5 atom stereocenters. The van der Waals surface area contributed by atoms with Crippen LogP contribution in [0.5, 0.6) is 0 Å². The van der Waals surface area contributed by atoms with Gasteiger partial charge in [-0.15, -0.1) is 0 Å². The van der Waals surface area contributed by atoms with E-state index in [1.807, 2.05) is 0 Å². The van der Waals surface area contributed by atoms with Crippen LogP contribution in [0.4, 0.5) is 0 Å². The summed E-state index contributed by atoms with van der Waals surface area (Å²) in [5.41, 5.74) is 15.9. The Balaban J connectivity index is 4.69. The number of nitrogens with zero attached hydrogens (tertiary/aromatic N) is 1. The summed E-state index contributed by atoms with van der Waals surface area (Å²) in [6, 6.07) is -4.69. The maximum Gasteiger partial charge on any atom is 0.326 e. The van der Waals surface area contributed by atoms with Gasteiger partial charge in [-0.05, 0) is 26.7 Å². The number of carbonyl (C=O) groups excluding carboxylic acids is 4. The second-order valence-corrected chi connectivity index (χ2v) is 7.73. The summed E-state index contributed by atoms with van der Waals surface area (Å²) in [5.74, 6) is -4.55. The Labute approximate surface area is 202 Å². The molecule has 0 aliphatic heterocycles. The van der Waals surface area contributed by atoms with E-state index in [4.69, 9.17) is 17.2 Å². The van der Waals surface area contributed by atoms with E-state index in [9.17, 15) is 34.2 Å². The van der Waals surface area contributed by atoms with Gasteiger partial charge < -0.3 is 48.7 Å². The van der Waals surface area contributed by atoms with Crippen molar-refractivity contribution in [2.24, 2.45) is 22.2 Å². The molecule has 0 fully saturated rings. The van der Waals surface area contributed by atoms with E-state index in [0.29, 0.717) is 0 Å². The number of thiol groups is 1. The zero-order valence-corrected chi connectivity index (χ0v) is 19.9. The third-order valence-corrected chi connectivity index (χ3v) is 4.76. The predicted octanol–water partition coefficient (Wildman–Crippen LogP) is -4.65. The van der Waals surface area contributed by atoms with Crippen LogP contribution in [0.15, 0.2) is 4.99 Å². The predicted molar refractivity (Wildman–Crippen MR) is 126 cm³/mol. The highest BCUT2D eigenvalue weighted by molar-refractivity contribution is 7.80. The molecule has 0 aromatic carbocycles. The average Bonchev–Trinajstić information content (AvgIpc) is 2.76. The summed E-state index contributed by atoms with van der Waals surface area (Å²) in [6.07, 6.45) is -0.788. The molecule has 4 amide bonds. The maximum absolute atomic E-state index is 12.4. The minimum atomic E-state index is -1.28. The van der Waals surface area contributed by atoms with Gasteiger partial charge in [-0.2, -0.15) is 12.6 Å². The minimum Gasteiger partial charge on any atom is -0.480 e. The van der Waals surface area contributed by atoms with Crippen molar-refractivity contribution in [3.63, 3.8) is 0 Å². The second-order valence-electron chi connectivity index (χ2n) is 7.37. The maximum atomic E-state index is 12.4. The van der Waals surface area contributed by atoms with Gasteiger partial charge in [-0.1, -0.05) is 0 Å². The molecular formula is C18H34N8O7S. The molecule has 0 spiro atoms. The second kappa shape index (κ2) is 15.7. The van der Waals surface area contributed by atoms with Gasteiger partial charge in [0.05, 0.1) is 12.6 Å². The summed E-state index contributed by atoms with van der Waals surface area (Å²) in [7, 11) is 0. The van der Waals surface area contributed by atoms with Gasteiger partial charge in [-0.3, -0.25) is 24.2 Å². The SMILES string of the molecule is C[C@H](NC(=O)[C@@H](N)[C@@H](C)O)C(=O)NCC(=O)N[C@@H](CS)C(=O)N[C@@H](CCCN=C(N)N)C(=O)O. The van der Waals surface area contributed by atoms with Crippen molar-refractivity contribution in [2.75, 3.05) is 18.8 Å². The fourth-order valence-corrected chi connectivity index (χ4v) is 2.64. The molecule has 0 aliphatic carbocycles. The first-order valence-corrected chi connectivity index (χ1v) is 10.9. The summed E-state index contributed by atoms with van der Waals surface area (Å²) >= 11 is 3.99. The molecule has 0 aliphatic rings. The Morgan fingerprint density at radius 3 is 2.09 bits per heavy atom. The number of hydrogen-bond donors (Lipinski definition) is 10. The lowest BCUT2D eigenvalue weighted by Gasteiger charge is -2.21. The number of carboxylic acid groups (broad SMARTS) is 1. The standard InChI is InChI=1S/C18H34N8O7S/c1-8(24-16(31)13(19)9(2)27)14(29)23-6-12(28)25-11(7-34)15(30)26-10(17(32)33)4-3-5-22-18(20)21/h8-11,13,27,34H,3-7,19H2,1-2H3,(H,23,29)(H,24,31)(H,25,28)(H,26,30)(H,32,33)(H4,20,21,22)/t8-,9+,10-,11-,13-/m0/s1. The lowest BCUT2D eigenvalue weighted by atomic mass is 10.1. The Kier molecular flexibility index (Phi) is 14.2. The van der Waals surface area contributed by atoms with Crippen LogP contribution in [-0.4, -0.2) is 94.9 Å². The van der Waals surface area contributed by atoms with Crippen molar-refractivity contribution in [1.82, 2.24) is 21.3 Å². The smallest absolute Gasteiger partial charge is 0.326 e. The lowest BCUT2D eigenvalue weighted by molar-refractivity contribution is -0.142. The summed E-state index contributed by atoms with van der Waals surface area (Å²) in [5, 5.41) is 27.8. The molecule has 0 unspecified atom stereocenters. The van der Waals surface area contributed by atoms with Crippen LogP contribution in [0.1, 0.15) is 26.7 Å². The molecule has 16 heteroatoms. The molecule has 0 rings (SSSR count). The zero-order chi connectivity index (χ0) is 26.4. The highest BCUT2D eigenvalue weighted by atomic mass is 32.1. The van der Waals surface area contributed by atoms with Crippen molar-refractivity contribution in [3.8, 4) is 0 Å². The van der Waals surface area contributed by atoms with Crippen LogP contribution in [0.2, 0.25) is 0 Å². The van der Waals surface area contributed by atoms with Crippen molar-refractivity contribution in [1.29, 1.82) is 0 Å². The molecule has 0 heterocycles. The molecule has 0 radical (unpaired) electrons. The molecule has 12 N–H and O–H groups in total. The first kappa shape index (κ1) is 30.9. The molecule has 15 nitrogen and oxygen atoms in total. The minimum absolute atomic E-state index is 0.0451. The normalized spacial score (nSPS) is 15.0. The Morgan fingerprint density at radius 1 is 0.971 bits per heavy atom. The van der Waals surface area contributed by atoms with E-state index in [2.05, 4.69) is 38.9 Å². The third kappa shape index (κ3) is 12.2. The van der Waals surface area contributed by atoms with E-state index in [1.54, 1.807) is 0 Å². The van der Waals surface area contributed by atoms with E-state index < -0.39 is 66.4 Å². The fraction of sp³-hybridized carbons (Fsp3) is 0.667. The van der Waals surface area contributed by atoms with Crippen LogP contribution in [0.3, 0.4) is 0 Å². The molecule has 0 aromatic rings. The highest BCUT2D eigenvalue weighted by Crippen LogP contribution is 2.00. The number of guanidine groups is 1. The van der Waals surface area contributed by atoms with Gasteiger partial charge in [-0.25, -0.2) is 4.79 Å². The van der Waals surface area contributed by atoms with Gasteiger partial charge in [0.15, 0.2) is 5.96 Å². The largest absolute Gasteiger partial charge is 0.480 e. The van der Waals surface area contributed by atoms with Crippen molar-refractivity contribution in [2.45, 2.75) is 57.0 Å². The van der Waals surface area contributed by atoms with Crippen molar-refractivity contribution in [3.05, 3.63) is 0 Å². The fourth-order valence-electron chi connectivity index (χ4n) is 2.39. The molecule has 0 bridgehead atoms. The van der Waals surface area contributed by atoms with Crippen molar-refractivity contribution >= 4 is 48.2 Å². The summed E-state index contributed by atoms with van der Waals surface area (Å²) < 4.78 is 0. The van der Waals surface area contributed by atoms with Crippen LogP contribution >= 0.6 is 12.6 Å². The Bertz CT molecular complexity index is 761. The molecular weight excluding hydrogens is 472 g/mol. The van der Waals surface area contributed by atoms with Crippen LogP contribution in [0, 0.1) is 0 Å². The quantitative estimate of drug-likeness (QED) is 0.0439. The number of aliphatic imine (C=N–C) groups is 1. The van der Waals surface area contributed by atoms with Crippen LogP contribution in [-0.2, 0) is 24.0 Å².